The van der Waals surface area contributed by atoms with Gasteiger partial charge in [0.2, 0.25) is 0 Å². The second kappa shape index (κ2) is 2.64. The van der Waals surface area contributed by atoms with E-state index in [2.05, 4.69) is 10.6 Å². The van der Waals surface area contributed by atoms with Gasteiger partial charge in [-0.1, -0.05) is 0 Å². The maximum absolute atomic E-state index is 8.87. The van der Waals surface area contributed by atoms with Crippen molar-refractivity contribution in [2.24, 2.45) is 0 Å². The summed E-state index contributed by atoms with van der Waals surface area (Å²) in [6.45, 7) is 1.61. The minimum absolute atomic E-state index is 0.330. The quantitative estimate of drug-likeness (QED) is 0.298. The van der Waals surface area contributed by atoms with Crippen molar-refractivity contribution in [1.29, 1.82) is 0 Å². The van der Waals surface area contributed by atoms with Crippen molar-refractivity contribution in [3.05, 3.63) is 0 Å². The number of rotatable bonds is 0. The standard InChI is InChI=1S/C4H9ClN2O/c5-3-4(8)7-2-1-6-3/h3-4,6-8H,1-2H2. The minimum Gasteiger partial charge on any atom is -0.376 e. The Morgan fingerprint density at radius 2 is 2.00 bits per heavy atom. The van der Waals surface area contributed by atoms with E-state index in [1.165, 1.54) is 0 Å². The maximum Gasteiger partial charge on any atom is 0.134 e. The molecular weight excluding hydrogens is 128 g/mol. The number of hydrogen-bond acceptors (Lipinski definition) is 3. The van der Waals surface area contributed by atoms with Gasteiger partial charge in [0.25, 0.3) is 0 Å². The number of piperazine rings is 1. The molecule has 0 spiro atoms. The zero-order valence-corrected chi connectivity index (χ0v) is 5.15. The smallest absolute Gasteiger partial charge is 0.134 e. The van der Waals surface area contributed by atoms with Gasteiger partial charge in [-0.15, -0.1) is 11.6 Å². The summed E-state index contributed by atoms with van der Waals surface area (Å²) in [4.78, 5) is 0. The SMILES string of the molecule is OC1NCCNC1Cl. The number of nitrogens with one attached hydrogen (secondary N) is 2. The molecule has 0 aliphatic carbocycles. The van der Waals surface area contributed by atoms with E-state index in [1.54, 1.807) is 0 Å². The van der Waals surface area contributed by atoms with E-state index in [9.17, 15) is 0 Å². The molecule has 1 rings (SSSR count). The highest BCUT2D eigenvalue weighted by molar-refractivity contribution is 6.20. The third kappa shape index (κ3) is 1.32. The molecule has 1 saturated heterocycles. The zero-order chi connectivity index (χ0) is 5.98. The summed E-state index contributed by atoms with van der Waals surface area (Å²) in [5, 5.41) is 14.5. The van der Waals surface area contributed by atoms with Gasteiger partial charge in [-0.05, 0) is 0 Å². The molecule has 1 aliphatic heterocycles. The highest BCUT2D eigenvalue weighted by Crippen LogP contribution is 1.97. The first-order valence-electron chi connectivity index (χ1n) is 2.59. The normalized spacial score (nSPS) is 39.8. The Hall–Kier alpha value is 0.170. The summed E-state index contributed by atoms with van der Waals surface area (Å²) in [6.07, 6.45) is -0.592. The van der Waals surface area contributed by atoms with Crippen molar-refractivity contribution < 1.29 is 5.11 Å². The fraction of sp³-hybridized carbons (Fsp3) is 1.00. The molecule has 2 unspecified atom stereocenters. The van der Waals surface area contributed by atoms with Crippen LogP contribution in [-0.4, -0.2) is 29.9 Å². The van der Waals surface area contributed by atoms with Crippen molar-refractivity contribution in [3.63, 3.8) is 0 Å². The third-order valence-electron chi connectivity index (χ3n) is 1.10. The predicted octanol–water partition coefficient (Wildman–Crippen LogP) is -0.937. The molecule has 0 aromatic carbocycles. The van der Waals surface area contributed by atoms with Crippen molar-refractivity contribution >= 4 is 11.6 Å². The molecule has 2 atom stereocenters. The van der Waals surface area contributed by atoms with Gasteiger partial charge in [-0.25, -0.2) is 0 Å². The Labute approximate surface area is 53.0 Å². The van der Waals surface area contributed by atoms with Gasteiger partial charge in [0.15, 0.2) is 0 Å². The second-order valence-corrected chi connectivity index (χ2v) is 2.23. The van der Waals surface area contributed by atoms with Gasteiger partial charge < -0.3 is 5.11 Å². The highest BCUT2D eigenvalue weighted by atomic mass is 35.5. The molecule has 4 heteroatoms. The van der Waals surface area contributed by atoms with Crippen LogP contribution < -0.4 is 10.6 Å². The lowest BCUT2D eigenvalue weighted by Gasteiger charge is -2.24. The van der Waals surface area contributed by atoms with E-state index in [-0.39, 0.29) is 5.50 Å². The fourth-order valence-corrected chi connectivity index (χ4v) is 0.843. The monoisotopic (exact) mass is 136 g/mol. The Balaban J connectivity index is 2.28. The lowest BCUT2D eigenvalue weighted by atomic mass is 10.4. The molecule has 48 valence electrons. The number of hydrogen-bond donors (Lipinski definition) is 3. The first-order chi connectivity index (χ1) is 3.80. The average Bonchev–Trinajstić information content (AvgIpc) is 1.77. The van der Waals surface area contributed by atoms with Gasteiger partial charge in [0, 0.05) is 13.1 Å². The fourth-order valence-electron chi connectivity index (χ4n) is 0.645. The van der Waals surface area contributed by atoms with Crippen LogP contribution in [0.15, 0.2) is 0 Å². The van der Waals surface area contributed by atoms with E-state index in [4.69, 9.17) is 16.7 Å². The first kappa shape index (κ1) is 6.29. The molecule has 0 aromatic rings. The average molecular weight is 137 g/mol. The molecule has 1 fully saturated rings. The number of halogens is 1. The summed E-state index contributed by atoms with van der Waals surface area (Å²) in [5.74, 6) is 0. The summed E-state index contributed by atoms with van der Waals surface area (Å²) in [6, 6.07) is 0. The minimum atomic E-state index is -0.592. The molecule has 3 N–H and O–H groups in total. The van der Waals surface area contributed by atoms with Gasteiger partial charge in [-0.2, -0.15) is 0 Å². The topological polar surface area (TPSA) is 44.3 Å². The Kier molecular flexibility index (Phi) is 2.08. The molecule has 0 radical (unpaired) electrons. The van der Waals surface area contributed by atoms with Crippen LogP contribution in [0.1, 0.15) is 0 Å². The molecule has 3 nitrogen and oxygen atoms in total. The highest BCUT2D eigenvalue weighted by Gasteiger charge is 2.17. The largest absolute Gasteiger partial charge is 0.376 e. The molecule has 1 aliphatic rings. The Morgan fingerprint density at radius 1 is 1.38 bits per heavy atom. The second-order valence-electron chi connectivity index (χ2n) is 1.75. The number of aliphatic hydroxyl groups excluding tert-OH is 1. The van der Waals surface area contributed by atoms with Gasteiger partial charge in [-0.3, -0.25) is 10.6 Å². The molecular formula is C4H9ClN2O. The summed E-state index contributed by atoms with van der Waals surface area (Å²) >= 11 is 5.54. The number of alkyl halides is 1. The van der Waals surface area contributed by atoms with Crippen LogP contribution in [0.5, 0.6) is 0 Å². The van der Waals surface area contributed by atoms with Gasteiger partial charge >= 0.3 is 0 Å². The molecule has 0 bridgehead atoms. The van der Waals surface area contributed by atoms with E-state index in [1.807, 2.05) is 0 Å². The lowest BCUT2D eigenvalue weighted by Crippen LogP contribution is -2.53. The van der Waals surface area contributed by atoms with Crippen molar-refractivity contribution in [2.45, 2.75) is 11.7 Å². The van der Waals surface area contributed by atoms with Gasteiger partial charge in [0.1, 0.15) is 11.7 Å². The van der Waals surface area contributed by atoms with Crippen LogP contribution in [0.2, 0.25) is 0 Å². The van der Waals surface area contributed by atoms with Crippen LogP contribution in [0.4, 0.5) is 0 Å². The van der Waals surface area contributed by atoms with Crippen molar-refractivity contribution in [1.82, 2.24) is 10.6 Å². The summed E-state index contributed by atoms with van der Waals surface area (Å²) in [5.41, 5.74) is -0.330. The molecule has 0 amide bonds. The first-order valence-corrected chi connectivity index (χ1v) is 3.03. The zero-order valence-electron chi connectivity index (χ0n) is 4.39. The van der Waals surface area contributed by atoms with Crippen LogP contribution in [0.3, 0.4) is 0 Å². The van der Waals surface area contributed by atoms with Crippen LogP contribution >= 0.6 is 11.6 Å². The Morgan fingerprint density at radius 3 is 2.38 bits per heavy atom. The van der Waals surface area contributed by atoms with E-state index in [0.717, 1.165) is 13.1 Å². The lowest BCUT2D eigenvalue weighted by molar-refractivity contribution is 0.105. The molecule has 0 aromatic heterocycles. The van der Waals surface area contributed by atoms with E-state index >= 15 is 0 Å². The maximum atomic E-state index is 8.87. The van der Waals surface area contributed by atoms with Crippen molar-refractivity contribution in [2.75, 3.05) is 13.1 Å². The van der Waals surface area contributed by atoms with Crippen LogP contribution in [0, 0.1) is 0 Å². The van der Waals surface area contributed by atoms with Crippen LogP contribution in [-0.2, 0) is 0 Å². The molecule has 0 saturated carbocycles. The van der Waals surface area contributed by atoms with Gasteiger partial charge in [0.05, 0.1) is 0 Å². The molecule has 1 heterocycles. The Bertz CT molecular complexity index is 70.4. The molecule has 8 heavy (non-hydrogen) atoms. The van der Waals surface area contributed by atoms with E-state index in [0.29, 0.717) is 0 Å². The summed E-state index contributed by atoms with van der Waals surface area (Å²) < 4.78 is 0. The summed E-state index contributed by atoms with van der Waals surface area (Å²) in [7, 11) is 0. The van der Waals surface area contributed by atoms with Crippen LogP contribution in [0.25, 0.3) is 0 Å². The van der Waals surface area contributed by atoms with E-state index < -0.39 is 6.23 Å². The predicted molar refractivity (Wildman–Crippen MR) is 31.7 cm³/mol. The number of aliphatic hydroxyl groups is 1. The third-order valence-corrected chi connectivity index (χ3v) is 1.49. The van der Waals surface area contributed by atoms with Crippen molar-refractivity contribution in [3.8, 4) is 0 Å².